The molecule has 0 aliphatic heterocycles. The average molecular weight is 257 g/mol. The van der Waals surface area contributed by atoms with E-state index in [0.717, 1.165) is 17.9 Å². The fourth-order valence-corrected chi connectivity index (χ4v) is 2.31. The maximum absolute atomic E-state index is 6.08. The molecule has 1 aliphatic rings. The van der Waals surface area contributed by atoms with E-state index in [1.165, 1.54) is 0 Å². The second-order valence-electron chi connectivity index (χ2n) is 4.01. The van der Waals surface area contributed by atoms with Crippen LogP contribution in [0, 0.1) is 0 Å². The van der Waals surface area contributed by atoms with Crippen LogP contribution in [0.3, 0.4) is 0 Å². The molecule has 0 amide bonds. The van der Waals surface area contributed by atoms with Crippen molar-refractivity contribution in [2.45, 2.75) is 30.9 Å². The number of benzene rings is 1. The second-order valence-corrected chi connectivity index (χ2v) is 4.57. The summed E-state index contributed by atoms with van der Waals surface area (Å²) < 4.78 is 16.5. The summed E-state index contributed by atoms with van der Waals surface area (Å²) in [6.45, 7) is 2.62. The van der Waals surface area contributed by atoms with Crippen LogP contribution in [0.2, 0.25) is 0 Å². The summed E-state index contributed by atoms with van der Waals surface area (Å²) in [4.78, 5) is 0. The molecular formula is C13H17ClO3. The van der Waals surface area contributed by atoms with Crippen molar-refractivity contribution in [3.63, 3.8) is 0 Å². The van der Waals surface area contributed by atoms with Crippen LogP contribution in [0.1, 0.15) is 13.3 Å². The van der Waals surface area contributed by atoms with Crippen LogP contribution >= 0.6 is 11.6 Å². The summed E-state index contributed by atoms with van der Waals surface area (Å²) in [5, 5.41) is 0.0607. The first kappa shape index (κ1) is 12.5. The molecule has 0 spiro atoms. The van der Waals surface area contributed by atoms with E-state index in [0.29, 0.717) is 6.61 Å². The van der Waals surface area contributed by atoms with E-state index in [1.54, 1.807) is 7.11 Å². The molecule has 1 aromatic carbocycles. The molecule has 0 bridgehead atoms. The SMILES string of the molecule is CCOC1C(Cl)CC1Oc1cccc(OC)c1. The van der Waals surface area contributed by atoms with Gasteiger partial charge in [-0.05, 0) is 19.1 Å². The molecule has 1 aromatic rings. The Balaban J connectivity index is 1.96. The van der Waals surface area contributed by atoms with Crippen LogP contribution in [0.4, 0.5) is 0 Å². The molecule has 0 radical (unpaired) electrons. The standard InChI is InChI=1S/C13H17ClO3/c1-3-16-13-11(14)8-12(13)17-10-6-4-5-9(7-10)15-2/h4-7,11-13H,3,8H2,1-2H3. The van der Waals surface area contributed by atoms with E-state index in [1.807, 2.05) is 31.2 Å². The highest BCUT2D eigenvalue weighted by molar-refractivity contribution is 6.21. The van der Waals surface area contributed by atoms with Gasteiger partial charge in [0.1, 0.15) is 23.7 Å². The van der Waals surface area contributed by atoms with E-state index in [-0.39, 0.29) is 17.6 Å². The van der Waals surface area contributed by atoms with E-state index >= 15 is 0 Å². The highest BCUT2D eigenvalue weighted by atomic mass is 35.5. The monoisotopic (exact) mass is 256 g/mol. The minimum absolute atomic E-state index is 0.00660. The van der Waals surface area contributed by atoms with E-state index in [4.69, 9.17) is 25.8 Å². The maximum Gasteiger partial charge on any atom is 0.128 e. The van der Waals surface area contributed by atoms with Gasteiger partial charge < -0.3 is 14.2 Å². The highest BCUT2D eigenvalue weighted by Gasteiger charge is 2.42. The number of hydrogen-bond donors (Lipinski definition) is 0. The van der Waals surface area contributed by atoms with Gasteiger partial charge in [-0.2, -0.15) is 0 Å². The molecule has 3 unspecified atom stereocenters. The predicted molar refractivity (Wildman–Crippen MR) is 67.1 cm³/mol. The summed E-state index contributed by atoms with van der Waals surface area (Å²) in [7, 11) is 1.64. The Hall–Kier alpha value is -0.930. The van der Waals surface area contributed by atoms with Crippen molar-refractivity contribution >= 4 is 11.6 Å². The topological polar surface area (TPSA) is 27.7 Å². The molecule has 3 atom stereocenters. The van der Waals surface area contributed by atoms with Gasteiger partial charge in [0, 0.05) is 19.1 Å². The number of ether oxygens (including phenoxy) is 3. The van der Waals surface area contributed by atoms with Gasteiger partial charge in [0.05, 0.1) is 12.5 Å². The van der Waals surface area contributed by atoms with Gasteiger partial charge in [-0.25, -0.2) is 0 Å². The molecule has 0 saturated heterocycles. The molecule has 94 valence electrons. The zero-order valence-corrected chi connectivity index (χ0v) is 10.8. The zero-order chi connectivity index (χ0) is 12.3. The van der Waals surface area contributed by atoms with Gasteiger partial charge in [0.25, 0.3) is 0 Å². The Bertz CT molecular complexity index is 369. The Morgan fingerprint density at radius 3 is 2.76 bits per heavy atom. The summed E-state index contributed by atoms with van der Waals surface area (Å²) >= 11 is 6.08. The van der Waals surface area contributed by atoms with Crippen LogP contribution in [-0.2, 0) is 4.74 Å². The third-order valence-electron chi connectivity index (χ3n) is 2.87. The highest BCUT2D eigenvalue weighted by Crippen LogP contribution is 2.33. The molecule has 1 fully saturated rings. The van der Waals surface area contributed by atoms with Crippen molar-refractivity contribution in [3.05, 3.63) is 24.3 Å². The van der Waals surface area contributed by atoms with Gasteiger partial charge in [0.2, 0.25) is 0 Å². The van der Waals surface area contributed by atoms with Crippen LogP contribution in [-0.4, -0.2) is 31.3 Å². The predicted octanol–water partition coefficient (Wildman–Crippen LogP) is 2.86. The summed E-state index contributed by atoms with van der Waals surface area (Å²) in [6.07, 6.45) is 0.862. The minimum atomic E-state index is -0.00660. The van der Waals surface area contributed by atoms with Crippen LogP contribution in [0.25, 0.3) is 0 Å². The Labute approximate surface area is 107 Å². The number of halogens is 1. The largest absolute Gasteiger partial charge is 0.497 e. The van der Waals surface area contributed by atoms with Crippen molar-refractivity contribution in [1.29, 1.82) is 0 Å². The van der Waals surface area contributed by atoms with Gasteiger partial charge in [-0.1, -0.05) is 6.07 Å². The third-order valence-corrected chi connectivity index (χ3v) is 3.29. The lowest BCUT2D eigenvalue weighted by Gasteiger charge is -2.40. The molecule has 1 saturated carbocycles. The Morgan fingerprint density at radius 1 is 1.35 bits per heavy atom. The fraction of sp³-hybridized carbons (Fsp3) is 0.538. The molecular weight excluding hydrogens is 240 g/mol. The van der Waals surface area contributed by atoms with Gasteiger partial charge in [-0.15, -0.1) is 11.6 Å². The van der Waals surface area contributed by atoms with Gasteiger partial charge >= 0.3 is 0 Å². The third kappa shape index (κ3) is 2.85. The van der Waals surface area contributed by atoms with Gasteiger partial charge in [-0.3, -0.25) is 0 Å². The van der Waals surface area contributed by atoms with Crippen LogP contribution < -0.4 is 9.47 Å². The normalized spacial score (nSPS) is 27.4. The lowest BCUT2D eigenvalue weighted by Crippen LogP contribution is -2.52. The van der Waals surface area contributed by atoms with Crippen molar-refractivity contribution in [2.24, 2.45) is 0 Å². The maximum atomic E-state index is 6.08. The first-order valence-electron chi connectivity index (χ1n) is 5.81. The van der Waals surface area contributed by atoms with E-state index in [9.17, 15) is 0 Å². The first-order chi connectivity index (χ1) is 8.24. The molecule has 2 rings (SSSR count). The zero-order valence-electron chi connectivity index (χ0n) is 10.1. The summed E-state index contributed by atoms with van der Waals surface area (Å²) in [6, 6.07) is 7.57. The number of hydrogen-bond acceptors (Lipinski definition) is 3. The summed E-state index contributed by atoms with van der Waals surface area (Å²) in [5.41, 5.74) is 0. The van der Waals surface area contributed by atoms with Crippen molar-refractivity contribution in [2.75, 3.05) is 13.7 Å². The van der Waals surface area contributed by atoms with E-state index < -0.39 is 0 Å². The van der Waals surface area contributed by atoms with Crippen molar-refractivity contribution in [3.8, 4) is 11.5 Å². The fourth-order valence-electron chi connectivity index (χ4n) is 1.90. The Morgan fingerprint density at radius 2 is 2.12 bits per heavy atom. The van der Waals surface area contributed by atoms with E-state index in [2.05, 4.69) is 0 Å². The molecule has 0 heterocycles. The molecule has 0 aromatic heterocycles. The molecule has 3 nitrogen and oxygen atoms in total. The summed E-state index contributed by atoms with van der Waals surface area (Å²) in [5.74, 6) is 1.58. The van der Waals surface area contributed by atoms with Crippen molar-refractivity contribution < 1.29 is 14.2 Å². The lowest BCUT2D eigenvalue weighted by molar-refractivity contribution is -0.0760. The second kappa shape index (κ2) is 5.61. The Kier molecular flexibility index (Phi) is 4.13. The minimum Gasteiger partial charge on any atom is -0.497 e. The first-order valence-corrected chi connectivity index (χ1v) is 6.24. The molecule has 1 aliphatic carbocycles. The number of methoxy groups -OCH3 is 1. The van der Waals surface area contributed by atoms with Crippen LogP contribution in [0.15, 0.2) is 24.3 Å². The lowest BCUT2D eigenvalue weighted by atomic mass is 9.91. The van der Waals surface area contributed by atoms with Crippen LogP contribution in [0.5, 0.6) is 11.5 Å². The van der Waals surface area contributed by atoms with Gasteiger partial charge in [0.15, 0.2) is 0 Å². The molecule has 17 heavy (non-hydrogen) atoms. The quantitative estimate of drug-likeness (QED) is 0.759. The number of rotatable bonds is 5. The smallest absolute Gasteiger partial charge is 0.128 e. The number of alkyl halides is 1. The van der Waals surface area contributed by atoms with Crippen molar-refractivity contribution in [1.82, 2.24) is 0 Å². The molecule has 4 heteroatoms. The molecule has 0 N–H and O–H groups in total. The average Bonchev–Trinajstić information content (AvgIpc) is 2.36.